The van der Waals surface area contributed by atoms with Crippen molar-refractivity contribution in [2.45, 2.75) is 25.8 Å². The molecule has 3 heteroatoms. The number of hydrogen-bond donors (Lipinski definition) is 2. The second kappa shape index (κ2) is 5.51. The van der Waals surface area contributed by atoms with E-state index < -0.39 is 0 Å². The first-order valence-electron chi connectivity index (χ1n) is 4.89. The van der Waals surface area contributed by atoms with Crippen molar-refractivity contribution in [1.82, 2.24) is 10.2 Å². The predicted molar refractivity (Wildman–Crippen MR) is 50.2 cm³/mol. The summed E-state index contributed by atoms with van der Waals surface area (Å²) in [5.74, 6) is 0. The lowest BCUT2D eigenvalue weighted by atomic mass is 10.3. The minimum Gasteiger partial charge on any atom is -0.396 e. The highest BCUT2D eigenvalue weighted by atomic mass is 16.3. The summed E-state index contributed by atoms with van der Waals surface area (Å²) >= 11 is 0. The zero-order valence-electron chi connectivity index (χ0n) is 7.92. The molecule has 0 saturated carbocycles. The fourth-order valence-electron chi connectivity index (χ4n) is 1.69. The van der Waals surface area contributed by atoms with E-state index in [2.05, 4.69) is 17.1 Å². The van der Waals surface area contributed by atoms with Crippen LogP contribution in [0.2, 0.25) is 0 Å². The molecule has 0 aromatic carbocycles. The van der Waals surface area contributed by atoms with E-state index in [-0.39, 0.29) is 0 Å². The quantitative estimate of drug-likeness (QED) is 0.631. The van der Waals surface area contributed by atoms with Gasteiger partial charge in [0.2, 0.25) is 0 Å². The van der Waals surface area contributed by atoms with Gasteiger partial charge in [0.1, 0.15) is 0 Å². The first kappa shape index (κ1) is 9.96. The van der Waals surface area contributed by atoms with E-state index in [1.54, 1.807) is 0 Å². The number of hydrogen-bond acceptors (Lipinski definition) is 3. The van der Waals surface area contributed by atoms with Gasteiger partial charge in [-0.25, -0.2) is 0 Å². The van der Waals surface area contributed by atoms with E-state index in [9.17, 15) is 0 Å². The van der Waals surface area contributed by atoms with Crippen molar-refractivity contribution >= 4 is 0 Å². The highest BCUT2D eigenvalue weighted by Gasteiger charge is 2.12. The maximum atomic E-state index is 8.69. The summed E-state index contributed by atoms with van der Waals surface area (Å²) in [6.07, 6.45) is 2.14. The molecular weight excluding hydrogens is 152 g/mol. The highest BCUT2D eigenvalue weighted by molar-refractivity contribution is 4.72. The van der Waals surface area contributed by atoms with E-state index in [1.165, 1.54) is 13.0 Å². The van der Waals surface area contributed by atoms with Gasteiger partial charge in [0, 0.05) is 25.7 Å². The lowest BCUT2D eigenvalue weighted by molar-refractivity contribution is 0.223. The second-order valence-corrected chi connectivity index (χ2v) is 3.59. The summed E-state index contributed by atoms with van der Waals surface area (Å²) in [4.78, 5) is 2.43. The van der Waals surface area contributed by atoms with Crippen LogP contribution >= 0.6 is 0 Å². The molecule has 1 rings (SSSR count). The normalized spacial score (nSPS) is 27.0. The van der Waals surface area contributed by atoms with E-state index in [0.717, 1.165) is 26.1 Å². The van der Waals surface area contributed by atoms with Crippen LogP contribution in [-0.2, 0) is 0 Å². The molecule has 0 aromatic heterocycles. The maximum absolute atomic E-state index is 8.69. The van der Waals surface area contributed by atoms with Gasteiger partial charge in [0.25, 0.3) is 0 Å². The molecule has 0 bridgehead atoms. The van der Waals surface area contributed by atoms with Gasteiger partial charge in [-0.05, 0) is 32.9 Å². The van der Waals surface area contributed by atoms with Crippen molar-refractivity contribution in [3.8, 4) is 0 Å². The van der Waals surface area contributed by atoms with E-state index in [1.807, 2.05) is 0 Å². The molecule has 1 heterocycles. The van der Waals surface area contributed by atoms with E-state index in [0.29, 0.717) is 12.6 Å². The number of nitrogens with zero attached hydrogens (tertiary/aromatic N) is 1. The lowest BCUT2D eigenvalue weighted by Gasteiger charge is -2.21. The predicted octanol–water partition coefficient (Wildman–Crippen LogP) is 0.0526. The Morgan fingerprint density at radius 1 is 1.58 bits per heavy atom. The molecule has 1 aliphatic rings. The molecule has 0 amide bonds. The Labute approximate surface area is 74.8 Å². The SMILES string of the molecule is CC1CN(CCCO)CCCN1. The second-order valence-electron chi connectivity index (χ2n) is 3.59. The molecular formula is C9H20N2O. The third-order valence-electron chi connectivity index (χ3n) is 2.31. The number of aliphatic hydroxyl groups is 1. The largest absolute Gasteiger partial charge is 0.396 e. The molecule has 0 spiro atoms. The van der Waals surface area contributed by atoms with Gasteiger partial charge >= 0.3 is 0 Å². The van der Waals surface area contributed by atoms with Crippen molar-refractivity contribution in [2.24, 2.45) is 0 Å². The van der Waals surface area contributed by atoms with Crippen LogP contribution in [0.1, 0.15) is 19.8 Å². The fraction of sp³-hybridized carbons (Fsp3) is 1.00. The highest BCUT2D eigenvalue weighted by Crippen LogP contribution is 2.00. The third kappa shape index (κ3) is 3.52. The lowest BCUT2D eigenvalue weighted by Crippen LogP contribution is -2.35. The standard InChI is InChI=1S/C9H20N2O/c1-9-8-11(6-3-7-12)5-2-4-10-9/h9-10,12H,2-8H2,1H3. The molecule has 2 N–H and O–H groups in total. The van der Waals surface area contributed by atoms with Gasteiger partial charge in [0.05, 0.1) is 0 Å². The molecule has 1 fully saturated rings. The van der Waals surface area contributed by atoms with Crippen LogP contribution < -0.4 is 5.32 Å². The molecule has 72 valence electrons. The molecule has 3 nitrogen and oxygen atoms in total. The Morgan fingerprint density at radius 2 is 2.42 bits per heavy atom. The Morgan fingerprint density at radius 3 is 3.17 bits per heavy atom. The molecule has 1 unspecified atom stereocenters. The topological polar surface area (TPSA) is 35.5 Å². The van der Waals surface area contributed by atoms with Crippen molar-refractivity contribution < 1.29 is 5.11 Å². The van der Waals surface area contributed by atoms with Gasteiger partial charge in [0.15, 0.2) is 0 Å². The Kier molecular flexibility index (Phi) is 4.58. The van der Waals surface area contributed by atoms with Crippen LogP contribution in [0, 0.1) is 0 Å². The first-order valence-corrected chi connectivity index (χ1v) is 4.89. The summed E-state index contributed by atoms with van der Waals surface area (Å²) in [5, 5.41) is 12.1. The monoisotopic (exact) mass is 172 g/mol. The smallest absolute Gasteiger partial charge is 0.0443 e. The third-order valence-corrected chi connectivity index (χ3v) is 2.31. The summed E-state index contributed by atoms with van der Waals surface area (Å²) in [5.41, 5.74) is 0. The summed E-state index contributed by atoms with van der Waals surface area (Å²) in [6.45, 7) is 7.02. The van der Waals surface area contributed by atoms with Crippen LogP contribution in [0.25, 0.3) is 0 Å². The fourth-order valence-corrected chi connectivity index (χ4v) is 1.69. The zero-order chi connectivity index (χ0) is 8.81. The van der Waals surface area contributed by atoms with Crippen LogP contribution in [0.3, 0.4) is 0 Å². The average molecular weight is 172 g/mol. The first-order chi connectivity index (χ1) is 5.83. The molecule has 1 atom stereocenters. The molecule has 1 saturated heterocycles. The minimum absolute atomic E-state index is 0.318. The van der Waals surface area contributed by atoms with Gasteiger partial charge in [-0.2, -0.15) is 0 Å². The molecule has 12 heavy (non-hydrogen) atoms. The van der Waals surface area contributed by atoms with Gasteiger partial charge in [-0.1, -0.05) is 0 Å². The van der Waals surface area contributed by atoms with Crippen LogP contribution in [0.15, 0.2) is 0 Å². The van der Waals surface area contributed by atoms with Gasteiger partial charge < -0.3 is 15.3 Å². The average Bonchev–Trinajstić information content (AvgIpc) is 2.26. The Bertz CT molecular complexity index is 119. The number of rotatable bonds is 3. The Balaban J connectivity index is 2.21. The summed E-state index contributed by atoms with van der Waals surface area (Å²) in [6, 6.07) is 0.603. The molecule has 0 aliphatic carbocycles. The maximum Gasteiger partial charge on any atom is 0.0443 e. The minimum atomic E-state index is 0.318. The molecule has 0 aromatic rings. The van der Waals surface area contributed by atoms with E-state index >= 15 is 0 Å². The molecule has 0 radical (unpaired) electrons. The Hall–Kier alpha value is -0.120. The van der Waals surface area contributed by atoms with Crippen molar-refractivity contribution in [3.05, 3.63) is 0 Å². The summed E-state index contributed by atoms with van der Waals surface area (Å²) < 4.78 is 0. The number of aliphatic hydroxyl groups excluding tert-OH is 1. The van der Waals surface area contributed by atoms with Gasteiger partial charge in [-0.3, -0.25) is 0 Å². The number of nitrogens with one attached hydrogen (secondary N) is 1. The van der Waals surface area contributed by atoms with Crippen LogP contribution in [0.4, 0.5) is 0 Å². The van der Waals surface area contributed by atoms with Crippen LogP contribution in [-0.4, -0.2) is 48.8 Å². The van der Waals surface area contributed by atoms with E-state index in [4.69, 9.17) is 5.11 Å². The summed E-state index contributed by atoms with van der Waals surface area (Å²) in [7, 11) is 0. The molecule has 1 aliphatic heterocycles. The zero-order valence-corrected chi connectivity index (χ0v) is 7.92. The van der Waals surface area contributed by atoms with Crippen molar-refractivity contribution in [2.75, 3.05) is 32.8 Å². The van der Waals surface area contributed by atoms with Crippen molar-refractivity contribution in [3.63, 3.8) is 0 Å². The van der Waals surface area contributed by atoms with Crippen molar-refractivity contribution in [1.29, 1.82) is 0 Å². The van der Waals surface area contributed by atoms with Gasteiger partial charge in [-0.15, -0.1) is 0 Å². The van der Waals surface area contributed by atoms with Crippen LogP contribution in [0.5, 0.6) is 0 Å².